The van der Waals surface area contributed by atoms with Crippen LogP contribution in [0.2, 0.25) is 5.02 Å². The third-order valence-corrected chi connectivity index (χ3v) is 19.4. The molecule has 0 bridgehead atoms. The van der Waals surface area contributed by atoms with Crippen LogP contribution in [0.25, 0.3) is 10.9 Å². The zero-order valence-corrected chi connectivity index (χ0v) is 56.9. The average molecular weight is 1310 g/mol. The molecule has 2 aliphatic carbocycles. The van der Waals surface area contributed by atoms with Crippen molar-refractivity contribution < 1.29 is 92.1 Å². The third-order valence-electron chi connectivity index (χ3n) is 19.1. The van der Waals surface area contributed by atoms with E-state index in [1.54, 1.807) is 60.6 Å². The molecule has 25 heteroatoms. The van der Waals surface area contributed by atoms with Crippen molar-refractivity contribution in [2.75, 3.05) is 59.5 Å². The second-order valence-corrected chi connectivity index (χ2v) is 27.8. The molecule has 1 aromatic heterocycles. The fourth-order valence-corrected chi connectivity index (χ4v) is 14.2. The fourth-order valence-electron chi connectivity index (χ4n) is 13.9. The van der Waals surface area contributed by atoms with Gasteiger partial charge in [0.2, 0.25) is 11.2 Å². The molecule has 516 valence electrons. The number of likely N-dealkylation sites (N-methyl/N-ethyl adjacent to an activating group) is 1. The minimum Gasteiger partial charge on any atom is -0.477 e. The van der Waals surface area contributed by atoms with Gasteiger partial charge in [0.15, 0.2) is 18.7 Å². The summed E-state index contributed by atoms with van der Waals surface area (Å²) in [4.78, 5) is 61.8. The van der Waals surface area contributed by atoms with Crippen molar-refractivity contribution in [2.45, 2.75) is 262 Å². The molecule has 0 amide bonds. The van der Waals surface area contributed by atoms with Crippen LogP contribution < -0.4 is 10.7 Å². The lowest BCUT2D eigenvalue weighted by Gasteiger charge is -2.49. The number of aromatic carboxylic acids is 1. The summed E-state index contributed by atoms with van der Waals surface area (Å²) in [5.41, 5.74) is -4.63. The lowest BCUT2D eigenvalue weighted by Crippen LogP contribution is -2.61. The molecule has 0 unspecified atom stereocenters. The number of aliphatic hydroxyl groups is 4. The lowest BCUT2D eigenvalue weighted by atomic mass is 9.73. The summed E-state index contributed by atoms with van der Waals surface area (Å²) in [6, 6.07) is 2.98. The van der Waals surface area contributed by atoms with Gasteiger partial charge in [-0.2, -0.15) is 0 Å². The summed E-state index contributed by atoms with van der Waals surface area (Å²) in [5.74, 6) is -7.40. The van der Waals surface area contributed by atoms with Gasteiger partial charge in [0.25, 0.3) is 0 Å². The van der Waals surface area contributed by atoms with Gasteiger partial charge >= 0.3 is 17.9 Å². The van der Waals surface area contributed by atoms with Gasteiger partial charge in [-0.1, -0.05) is 50.9 Å². The zero-order chi connectivity index (χ0) is 67.1. The van der Waals surface area contributed by atoms with Crippen LogP contribution in [0.15, 0.2) is 28.3 Å². The molecule has 24 nitrogen and oxygen atoms in total. The van der Waals surface area contributed by atoms with Gasteiger partial charge in [-0.25, -0.2) is 4.79 Å². The molecule has 5 fully saturated rings. The third kappa shape index (κ3) is 18.1. The van der Waals surface area contributed by atoms with E-state index in [9.17, 15) is 44.7 Å². The van der Waals surface area contributed by atoms with Crippen molar-refractivity contribution in [3.05, 3.63) is 39.1 Å². The molecular formula is C66H105ClN4O20. The van der Waals surface area contributed by atoms with Gasteiger partial charge in [-0.15, -0.1) is 0 Å². The number of aliphatic hydroxyl groups excluding tert-OH is 2. The summed E-state index contributed by atoms with van der Waals surface area (Å²) in [6.45, 7) is 21.9. The molecular weight excluding hydrogens is 1200 g/mol. The highest BCUT2D eigenvalue weighted by atomic mass is 35.5. The summed E-state index contributed by atoms with van der Waals surface area (Å²) < 4.78 is 65.0. The van der Waals surface area contributed by atoms with Crippen molar-refractivity contribution in [3.8, 4) is 0 Å². The van der Waals surface area contributed by atoms with E-state index in [0.29, 0.717) is 47.7 Å². The molecule has 7 rings (SSSR count). The van der Waals surface area contributed by atoms with E-state index in [-0.39, 0.29) is 87.4 Å². The zero-order valence-electron chi connectivity index (χ0n) is 56.1. The summed E-state index contributed by atoms with van der Waals surface area (Å²) in [7, 11) is 5.20. The number of esters is 2. The molecule has 6 N–H and O–H groups in total. The maximum absolute atomic E-state index is 14.9. The Bertz CT molecular complexity index is 2840. The van der Waals surface area contributed by atoms with Crippen LogP contribution in [0.5, 0.6) is 0 Å². The Kier molecular flexibility index (Phi) is 25.8. The molecule has 5 aliphatic rings. The SMILES string of the molecule is CC[C@H]1OC(=O)[C@H](C)[C@@H](O[C@H]2C[C@@](C)(OC)[C@@H](OC(=O)CCOCCOCCNc3cc4c(=O)c(C(=O)O)cn(C5CC5)c4cc3Cl)[C@H](C)O2)[C@H](C)[C@@H](O[C@H]2O[C@@H](C)C[C@@H](N(C)C)[C@@H]2O)[C@](C)(O)C[C@@H](C)C(=NOC2(OC(C)C)CCCCC2)[C@H](C)[C@@H](O)[C@]1(C)O. The van der Waals surface area contributed by atoms with Crippen LogP contribution in [0.1, 0.15) is 177 Å². The van der Waals surface area contributed by atoms with Crippen LogP contribution in [-0.2, 0) is 61.8 Å². The number of nitrogens with zero attached hydrogens (tertiary/aromatic N) is 3. The van der Waals surface area contributed by atoms with Gasteiger partial charge in [-0.05, 0) is 127 Å². The largest absolute Gasteiger partial charge is 0.477 e. The monoisotopic (exact) mass is 1310 g/mol. The molecule has 91 heavy (non-hydrogen) atoms. The number of carbonyl (C=O) groups is 3. The Morgan fingerprint density at radius 1 is 0.901 bits per heavy atom. The van der Waals surface area contributed by atoms with Crippen molar-refractivity contribution in [1.29, 1.82) is 0 Å². The molecule has 2 aromatic rings. The van der Waals surface area contributed by atoms with E-state index >= 15 is 0 Å². The normalized spacial score (nSPS) is 35.9. The van der Waals surface area contributed by atoms with Crippen LogP contribution in [0.4, 0.5) is 5.69 Å². The molecule has 1 aromatic carbocycles. The predicted octanol–water partition coefficient (Wildman–Crippen LogP) is 7.76. The van der Waals surface area contributed by atoms with E-state index in [1.165, 1.54) is 20.2 Å². The Morgan fingerprint density at radius 3 is 2.19 bits per heavy atom. The number of benzene rings is 1. The number of nitrogens with one attached hydrogen (secondary N) is 1. The summed E-state index contributed by atoms with van der Waals surface area (Å²) in [6.07, 6.45) is -3.74. The molecule has 18 atom stereocenters. The number of fused-ring (bicyclic) bond motifs is 1. The number of hydrogen-bond acceptors (Lipinski definition) is 22. The molecule has 0 spiro atoms. The van der Waals surface area contributed by atoms with Crippen LogP contribution in [0, 0.1) is 23.7 Å². The van der Waals surface area contributed by atoms with Gasteiger partial charge in [0, 0.05) is 74.3 Å². The van der Waals surface area contributed by atoms with Crippen molar-refractivity contribution in [2.24, 2.45) is 28.8 Å². The minimum atomic E-state index is -2.04. The maximum Gasteiger partial charge on any atom is 0.341 e. The average Bonchev–Trinajstić information content (AvgIpc) is 1.76. The van der Waals surface area contributed by atoms with E-state index in [2.05, 4.69) is 5.32 Å². The number of cyclic esters (lactones) is 1. The van der Waals surface area contributed by atoms with Gasteiger partial charge in [0.1, 0.15) is 29.0 Å². The first-order valence-corrected chi connectivity index (χ1v) is 33.1. The first kappa shape index (κ1) is 74.3. The predicted molar refractivity (Wildman–Crippen MR) is 339 cm³/mol. The number of rotatable bonds is 24. The lowest BCUT2D eigenvalue weighted by molar-refractivity contribution is -0.318. The number of anilines is 1. The molecule has 2 saturated carbocycles. The van der Waals surface area contributed by atoms with Crippen molar-refractivity contribution >= 4 is 51.8 Å². The Morgan fingerprint density at radius 2 is 1.57 bits per heavy atom. The summed E-state index contributed by atoms with van der Waals surface area (Å²) in [5, 5.41) is 68.3. The van der Waals surface area contributed by atoms with E-state index in [1.807, 2.05) is 51.3 Å². The quantitative estimate of drug-likeness (QED) is 0.0253. The highest BCUT2D eigenvalue weighted by Crippen LogP contribution is 2.44. The second-order valence-electron chi connectivity index (χ2n) is 27.3. The maximum atomic E-state index is 14.9. The number of pyridine rings is 1. The summed E-state index contributed by atoms with van der Waals surface area (Å²) >= 11 is 6.61. The van der Waals surface area contributed by atoms with E-state index < -0.39 is 125 Å². The number of hydrogen-bond donors (Lipinski definition) is 6. The van der Waals surface area contributed by atoms with Gasteiger partial charge in [-0.3, -0.25) is 14.4 Å². The highest BCUT2D eigenvalue weighted by molar-refractivity contribution is 6.34. The number of aromatic nitrogens is 1. The minimum absolute atomic E-state index is 0.0120. The molecule has 3 saturated heterocycles. The first-order chi connectivity index (χ1) is 42.8. The molecule has 0 radical (unpaired) electrons. The second kappa shape index (κ2) is 31.6. The van der Waals surface area contributed by atoms with E-state index in [4.69, 9.17) is 69.0 Å². The first-order valence-electron chi connectivity index (χ1n) is 32.8. The topological polar surface area (TPSA) is 304 Å². The molecule has 3 aliphatic heterocycles. The Hall–Kier alpha value is -4.12. The van der Waals surface area contributed by atoms with Crippen molar-refractivity contribution in [3.63, 3.8) is 0 Å². The Labute approximate surface area is 541 Å². The Balaban J connectivity index is 1.05. The van der Waals surface area contributed by atoms with Crippen LogP contribution in [0.3, 0.4) is 0 Å². The number of carbonyl (C=O) groups excluding carboxylic acids is 2. The standard InChI is InChI=1S/C66H105ClN4O20/c1-16-50-65(12,80)57(75)39(6)53(69-91-66(90-36(2)3)23-18-17-19-24-66)37(4)33-63(10,79)58(89-62-55(74)49(70(13)14)30-38(5)84-62)40(7)56(41(8)61(78)86-50)88-52-34-64(11,81-15)59(42(9)85-52)87-51(72)22-26-82-28-29-83-27-25-68-47-31-44-48(32-46(47)67)71(43-20-21-43)35-45(54(44)73)60(76)77/h31-32,35-43,49-50,52,55-59,62,68,74-75,79-80H,16-30,33-34H2,1-15H3,(H,76,77)/t37-,38+,39+,40+,41-,42+,49-,50-,52+,55+,56+,57-,58-,59+,62-,63-,64-,65-/m1/s1. The molecule has 4 heterocycles. The number of methoxy groups -OCH3 is 1. The van der Waals surface area contributed by atoms with Crippen LogP contribution in [-0.4, -0.2) is 209 Å². The number of halogens is 1. The number of carboxylic acids is 1. The van der Waals surface area contributed by atoms with E-state index in [0.717, 1.165) is 32.1 Å². The number of oxime groups is 1. The van der Waals surface area contributed by atoms with Crippen LogP contribution >= 0.6 is 11.6 Å². The van der Waals surface area contributed by atoms with Gasteiger partial charge < -0.3 is 92.5 Å². The van der Waals surface area contributed by atoms with Crippen molar-refractivity contribution in [1.82, 2.24) is 9.47 Å². The number of ether oxygens (including phenoxy) is 10. The highest BCUT2D eigenvalue weighted by Gasteiger charge is 2.55. The van der Waals surface area contributed by atoms with Gasteiger partial charge in [0.05, 0.1) is 103 Å². The number of carboxylic acid groups (broad SMARTS) is 1. The smallest absolute Gasteiger partial charge is 0.341 e. The fraction of sp³-hybridized carbons (Fsp3) is 0.803.